The monoisotopic (exact) mass is 271 g/mol. The highest BCUT2D eigenvalue weighted by Crippen LogP contribution is 2.26. The maximum Gasteiger partial charge on any atom is 0.0803 e. The zero-order valence-electron chi connectivity index (χ0n) is 11.3. The Labute approximate surface area is 122 Å². The van der Waals surface area contributed by atoms with Crippen molar-refractivity contribution < 1.29 is 0 Å². The highest BCUT2D eigenvalue weighted by molar-refractivity contribution is 6.04. The Balaban J connectivity index is 2.00. The summed E-state index contributed by atoms with van der Waals surface area (Å²) in [5, 5.41) is 2.20. The standard InChI is InChI=1S/C18H13N3/c19-14-7-3-12(4-8-14)16-9-5-13-6-10-17-15(18(13)21-16)2-1-11-20-17/h1-11H,19H2. The molecule has 21 heavy (non-hydrogen) atoms. The number of nitrogens with two attached hydrogens (primary N) is 1. The predicted octanol–water partition coefficient (Wildman–Crippen LogP) is 4.03. The van der Waals surface area contributed by atoms with Gasteiger partial charge in [0.05, 0.1) is 16.7 Å². The average Bonchev–Trinajstić information content (AvgIpc) is 2.55. The van der Waals surface area contributed by atoms with E-state index in [0.29, 0.717) is 0 Å². The van der Waals surface area contributed by atoms with E-state index in [-0.39, 0.29) is 0 Å². The summed E-state index contributed by atoms with van der Waals surface area (Å²) in [6, 6.07) is 20.0. The van der Waals surface area contributed by atoms with E-state index >= 15 is 0 Å². The Morgan fingerprint density at radius 3 is 2.48 bits per heavy atom. The smallest absolute Gasteiger partial charge is 0.0803 e. The molecule has 0 atom stereocenters. The molecule has 0 spiro atoms. The molecular formula is C18H13N3. The summed E-state index contributed by atoms with van der Waals surface area (Å²) >= 11 is 0. The van der Waals surface area contributed by atoms with Crippen LogP contribution in [0.5, 0.6) is 0 Å². The van der Waals surface area contributed by atoms with Crippen molar-refractivity contribution >= 4 is 27.5 Å². The van der Waals surface area contributed by atoms with Gasteiger partial charge in [0.1, 0.15) is 0 Å². The van der Waals surface area contributed by atoms with E-state index < -0.39 is 0 Å². The van der Waals surface area contributed by atoms with Crippen molar-refractivity contribution in [2.45, 2.75) is 0 Å². The summed E-state index contributed by atoms with van der Waals surface area (Å²) in [6.07, 6.45) is 1.80. The molecule has 0 aliphatic heterocycles. The maximum atomic E-state index is 5.74. The zero-order chi connectivity index (χ0) is 14.2. The van der Waals surface area contributed by atoms with Gasteiger partial charge >= 0.3 is 0 Å². The van der Waals surface area contributed by atoms with E-state index in [2.05, 4.69) is 23.2 Å². The molecule has 3 heteroatoms. The molecule has 100 valence electrons. The number of hydrogen-bond donors (Lipinski definition) is 1. The Morgan fingerprint density at radius 2 is 1.62 bits per heavy atom. The van der Waals surface area contributed by atoms with Gasteiger partial charge in [0.25, 0.3) is 0 Å². The number of benzene rings is 2. The van der Waals surface area contributed by atoms with Crippen LogP contribution in [0.25, 0.3) is 33.1 Å². The van der Waals surface area contributed by atoms with Gasteiger partial charge in [-0.3, -0.25) is 4.98 Å². The van der Waals surface area contributed by atoms with Crippen molar-refractivity contribution in [1.82, 2.24) is 9.97 Å². The molecule has 2 heterocycles. The Kier molecular flexibility index (Phi) is 2.57. The lowest BCUT2D eigenvalue weighted by Crippen LogP contribution is -1.89. The van der Waals surface area contributed by atoms with Crippen molar-refractivity contribution in [3.05, 3.63) is 66.9 Å². The summed E-state index contributed by atoms with van der Waals surface area (Å²) < 4.78 is 0. The van der Waals surface area contributed by atoms with Crippen LogP contribution >= 0.6 is 0 Å². The first kappa shape index (κ1) is 11.9. The van der Waals surface area contributed by atoms with Crippen molar-refractivity contribution in [3.8, 4) is 11.3 Å². The highest BCUT2D eigenvalue weighted by atomic mass is 14.7. The molecule has 4 rings (SSSR count). The normalized spacial score (nSPS) is 11.0. The van der Waals surface area contributed by atoms with Crippen LogP contribution in [0.1, 0.15) is 0 Å². The van der Waals surface area contributed by atoms with Crippen LogP contribution in [0.3, 0.4) is 0 Å². The molecule has 0 aliphatic rings. The summed E-state index contributed by atoms with van der Waals surface area (Å²) in [7, 11) is 0. The largest absolute Gasteiger partial charge is 0.399 e. The number of rotatable bonds is 1. The van der Waals surface area contributed by atoms with Crippen LogP contribution in [0.2, 0.25) is 0 Å². The first-order chi connectivity index (χ1) is 10.3. The number of anilines is 1. The number of hydrogen-bond acceptors (Lipinski definition) is 3. The number of aromatic nitrogens is 2. The Hall–Kier alpha value is -2.94. The molecule has 2 aromatic carbocycles. The average molecular weight is 271 g/mol. The summed E-state index contributed by atoms with van der Waals surface area (Å²) in [4.78, 5) is 9.21. The molecule has 2 N–H and O–H groups in total. The molecule has 0 aliphatic carbocycles. The quantitative estimate of drug-likeness (QED) is 0.420. The van der Waals surface area contributed by atoms with Crippen LogP contribution in [0, 0.1) is 0 Å². The SMILES string of the molecule is Nc1ccc(-c2ccc3ccc4ncccc4c3n2)cc1. The van der Waals surface area contributed by atoms with Gasteiger partial charge in [-0.25, -0.2) is 4.98 Å². The molecule has 0 fully saturated rings. The van der Waals surface area contributed by atoms with Crippen molar-refractivity contribution in [2.24, 2.45) is 0 Å². The minimum atomic E-state index is 0.759. The first-order valence-corrected chi connectivity index (χ1v) is 6.82. The zero-order valence-corrected chi connectivity index (χ0v) is 11.3. The van der Waals surface area contributed by atoms with Gasteiger partial charge in [0, 0.05) is 28.2 Å². The van der Waals surface area contributed by atoms with E-state index in [1.807, 2.05) is 42.5 Å². The number of pyridine rings is 2. The fourth-order valence-corrected chi connectivity index (χ4v) is 2.55. The first-order valence-electron chi connectivity index (χ1n) is 6.82. The lowest BCUT2D eigenvalue weighted by molar-refractivity contribution is 1.39. The minimum Gasteiger partial charge on any atom is -0.399 e. The molecule has 0 amide bonds. The van der Waals surface area contributed by atoms with Gasteiger partial charge in [-0.15, -0.1) is 0 Å². The molecule has 3 nitrogen and oxygen atoms in total. The fourth-order valence-electron chi connectivity index (χ4n) is 2.55. The third-order valence-electron chi connectivity index (χ3n) is 3.65. The van der Waals surface area contributed by atoms with Gasteiger partial charge in [-0.2, -0.15) is 0 Å². The molecule has 0 saturated carbocycles. The summed E-state index contributed by atoms with van der Waals surface area (Å²) in [5.74, 6) is 0. The number of fused-ring (bicyclic) bond motifs is 3. The van der Waals surface area contributed by atoms with Gasteiger partial charge in [-0.1, -0.05) is 24.3 Å². The molecule has 4 aromatic rings. The molecule has 0 radical (unpaired) electrons. The van der Waals surface area contributed by atoms with Crippen molar-refractivity contribution in [3.63, 3.8) is 0 Å². The molecule has 0 unspecified atom stereocenters. The van der Waals surface area contributed by atoms with Gasteiger partial charge in [-0.05, 0) is 36.4 Å². The summed E-state index contributed by atoms with van der Waals surface area (Å²) in [6.45, 7) is 0. The summed E-state index contributed by atoms with van der Waals surface area (Å²) in [5.41, 5.74) is 10.5. The second kappa shape index (κ2) is 4.56. The van der Waals surface area contributed by atoms with Gasteiger partial charge in [0.2, 0.25) is 0 Å². The third-order valence-corrected chi connectivity index (χ3v) is 3.65. The Morgan fingerprint density at radius 1 is 0.810 bits per heavy atom. The van der Waals surface area contributed by atoms with Crippen LogP contribution in [-0.4, -0.2) is 9.97 Å². The lowest BCUT2D eigenvalue weighted by atomic mass is 10.1. The lowest BCUT2D eigenvalue weighted by Gasteiger charge is -2.06. The van der Waals surface area contributed by atoms with Crippen molar-refractivity contribution in [1.29, 1.82) is 0 Å². The fraction of sp³-hybridized carbons (Fsp3) is 0. The van der Waals surface area contributed by atoms with Crippen molar-refractivity contribution in [2.75, 3.05) is 5.73 Å². The number of nitrogens with zero attached hydrogens (tertiary/aromatic N) is 2. The van der Waals surface area contributed by atoms with Crippen LogP contribution < -0.4 is 5.73 Å². The van der Waals surface area contributed by atoms with E-state index in [9.17, 15) is 0 Å². The second-order valence-corrected chi connectivity index (χ2v) is 5.03. The van der Waals surface area contributed by atoms with Gasteiger partial charge < -0.3 is 5.73 Å². The Bertz CT molecular complexity index is 943. The number of nitrogen functional groups attached to an aromatic ring is 1. The predicted molar refractivity (Wildman–Crippen MR) is 86.9 cm³/mol. The van der Waals surface area contributed by atoms with E-state index in [1.54, 1.807) is 6.20 Å². The highest BCUT2D eigenvalue weighted by Gasteiger charge is 2.05. The third kappa shape index (κ3) is 1.99. The van der Waals surface area contributed by atoms with E-state index in [1.165, 1.54) is 0 Å². The minimum absolute atomic E-state index is 0.759. The molecule has 0 bridgehead atoms. The molecule has 2 aromatic heterocycles. The van der Waals surface area contributed by atoms with Crippen LogP contribution in [-0.2, 0) is 0 Å². The van der Waals surface area contributed by atoms with Crippen LogP contribution in [0.15, 0.2) is 66.9 Å². The maximum absolute atomic E-state index is 5.74. The van der Waals surface area contributed by atoms with Crippen LogP contribution in [0.4, 0.5) is 5.69 Å². The van der Waals surface area contributed by atoms with Gasteiger partial charge in [0.15, 0.2) is 0 Å². The van der Waals surface area contributed by atoms with E-state index in [4.69, 9.17) is 10.7 Å². The molecule has 0 saturated heterocycles. The second-order valence-electron chi connectivity index (χ2n) is 5.03. The molecular weight excluding hydrogens is 258 g/mol. The topological polar surface area (TPSA) is 51.8 Å². The van der Waals surface area contributed by atoms with E-state index in [0.717, 1.165) is 38.8 Å².